The van der Waals surface area contributed by atoms with Gasteiger partial charge in [-0.1, -0.05) is 72.4 Å². The molecule has 1 unspecified atom stereocenters. The van der Waals surface area contributed by atoms with E-state index >= 15 is 0 Å². The molecule has 0 amide bonds. The second kappa shape index (κ2) is 8.24. The number of rotatable bonds is 6. The van der Waals surface area contributed by atoms with Gasteiger partial charge in [0.15, 0.2) is 28.6 Å². The second-order valence-electron chi connectivity index (χ2n) is 7.03. The molecule has 6 heteroatoms. The first kappa shape index (κ1) is 18.8. The minimum absolute atomic E-state index is 0.306. The van der Waals surface area contributed by atoms with Crippen molar-refractivity contribution in [2.75, 3.05) is 6.61 Å². The Morgan fingerprint density at radius 2 is 1.80 bits per heavy atom. The molecule has 4 aromatic rings. The Balaban J connectivity index is 1.40. The van der Waals surface area contributed by atoms with E-state index in [1.165, 1.54) is 16.3 Å². The van der Waals surface area contributed by atoms with E-state index in [4.69, 9.17) is 9.47 Å². The lowest BCUT2D eigenvalue weighted by Gasteiger charge is -2.26. The maximum atomic E-state index is 6.15. The van der Waals surface area contributed by atoms with Gasteiger partial charge in [-0.25, -0.2) is 0 Å². The quantitative estimate of drug-likeness (QED) is 0.311. The maximum Gasteiger partial charge on any atom is 0.192 e. The van der Waals surface area contributed by atoms with Crippen LogP contribution < -0.4 is 9.47 Å². The van der Waals surface area contributed by atoms with Crippen LogP contribution in [0.4, 0.5) is 0 Å². The van der Waals surface area contributed by atoms with Crippen LogP contribution in [0.25, 0.3) is 10.8 Å². The molecule has 5 nitrogen and oxygen atoms in total. The third-order valence-corrected chi connectivity index (χ3v) is 6.11. The third-order valence-electron chi connectivity index (χ3n) is 5.09. The van der Waals surface area contributed by atoms with Gasteiger partial charge in [0, 0.05) is 12.3 Å². The van der Waals surface area contributed by atoms with E-state index in [2.05, 4.69) is 63.8 Å². The summed E-state index contributed by atoms with van der Waals surface area (Å²) >= 11 is 1.67. The number of hydrogen-bond donors (Lipinski definition) is 0. The fraction of sp³-hybridized carbons (Fsp3) is 0.167. The topological polar surface area (TPSA) is 49.2 Å². The molecule has 1 atom stereocenters. The van der Waals surface area contributed by atoms with E-state index in [-0.39, 0.29) is 6.10 Å². The molecule has 1 aromatic heterocycles. The highest BCUT2D eigenvalue weighted by molar-refractivity contribution is 7.98. The van der Waals surface area contributed by atoms with Crippen molar-refractivity contribution in [3.63, 3.8) is 0 Å². The van der Waals surface area contributed by atoms with Crippen LogP contribution in [0, 0.1) is 0 Å². The van der Waals surface area contributed by atoms with Gasteiger partial charge >= 0.3 is 0 Å². The van der Waals surface area contributed by atoms with E-state index in [1.807, 2.05) is 30.3 Å². The smallest absolute Gasteiger partial charge is 0.192 e. The molecule has 0 spiro atoms. The number of nitrogens with zero attached hydrogens (tertiary/aromatic N) is 3. The predicted octanol–water partition coefficient (Wildman–Crippen LogP) is 5.42. The molecule has 0 bridgehead atoms. The normalized spacial score (nSPS) is 15.3. The molecule has 150 valence electrons. The number of aromatic nitrogens is 3. The second-order valence-corrected chi connectivity index (χ2v) is 7.97. The fourth-order valence-electron chi connectivity index (χ4n) is 3.65. The molecule has 0 aliphatic carbocycles. The maximum absolute atomic E-state index is 6.15. The molecule has 1 aliphatic rings. The van der Waals surface area contributed by atoms with Crippen molar-refractivity contribution in [2.24, 2.45) is 0 Å². The molecule has 3 aromatic carbocycles. The van der Waals surface area contributed by atoms with Crippen molar-refractivity contribution in [3.8, 4) is 11.5 Å². The number of benzene rings is 3. The highest BCUT2D eigenvalue weighted by atomic mass is 32.2. The molecular formula is C24H21N3O2S. The zero-order chi connectivity index (χ0) is 20.3. The van der Waals surface area contributed by atoms with Crippen LogP contribution in [0.5, 0.6) is 11.5 Å². The Morgan fingerprint density at radius 1 is 1.00 bits per heavy atom. The molecule has 0 radical (unpaired) electrons. The first-order chi connectivity index (χ1) is 14.8. The van der Waals surface area contributed by atoms with Gasteiger partial charge in [0.25, 0.3) is 0 Å². The lowest BCUT2D eigenvalue weighted by molar-refractivity contribution is 0.0821. The Morgan fingerprint density at radius 3 is 2.70 bits per heavy atom. The fourth-order valence-corrected chi connectivity index (χ4v) is 4.61. The molecule has 0 fully saturated rings. The Hall–Kier alpha value is -3.25. The Labute approximate surface area is 179 Å². The zero-order valence-corrected chi connectivity index (χ0v) is 17.2. The number of fused-ring (bicyclic) bond motifs is 2. The van der Waals surface area contributed by atoms with E-state index < -0.39 is 0 Å². The van der Waals surface area contributed by atoms with Crippen LogP contribution >= 0.6 is 11.8 Å². The van der Waals surface area contributed by atoms with E-state index in [1.54, 1.807) is 11.8 Å². The van der Waals surface area contributed by atoms with Gasteiger partial charge in [-0.15, -0.1) is 16.8 Å². The zero-order valence-electron chi connectivity index (χ0n) is 16.4. The van der Waals surface area contributed by atoms with Gasteiger partial charge in [0.1, 0.15) is 6.61 Å². The summed E-state index contributed by atoms with van der Waals surface area (Å²) in [6.07, 6.45) is 1.55. The van der Waals surface area contributed by atoms with Gasteiger partial charge in [-0.3, -0.25) is 4.57 Å². The number of thioether (sulfide) groups is 1. The summed E-state index contributed by atoms with van der Waals surface area (Å²) in [4.78, 5) is 0. The predicted molar refractivity (Wildman–Crippen MR) is 119 cm³/mol. The molecular weight excluding hydrogens is 394 g/mol. The monoisotopic (exact) mass is 415 g/mol. The SMILES string of the molecule is C=CCn1c(SCc2cccc3ccccc23)nnc1C1COc2ccccc2O1. The number of allylic oxidation sites excluding steroid dienone is 1. The molecule has 0 N–H and O–H groups in total. The van der Waals surface area contributed by atoms with Gasteiger partial charge < -0.3 is 9.47 Å². The van der Waals surface area contributed by atoms with Crippen LogP contribution in [-0.4, -0.2) is 21.4 Å². The van der Waals surface area contributed by atoms with Crippen molar-refractivity contribution in [1.29, 1.82) is 0 Å². The average Bonchev–Trinajstić information content (AvgIpc) is 3.20. The van der Waals surface area contributed by atoms with Crippen LogP contribution in [0.3, 0.4) is 0 Å². The van der Waals surface area contributed by atoms with Crippen molar-refractivity contribution in [1.82, 2.24) is 14.8 Å². The molecule has 0 saturated heterocycles. The molecule has 0 saturated carbocycles. The summed E-state index contributed by atoms with van der Waals surface area (Å²) < 4.78 is 14.1. The minimum Gasteiger partial charge on any atom is -0.485 e. The molecule has 30 heavy (non-hydrogen) atoms. The Kier molecular flexibility index (Phi) is 5.15. The average molecular weight is 416 g/mol. The summed E-state index contributed by atoms with van der Waals surface area (Å²) in [7, 11) is 0. The number of ether oxygens (including phenoxy) is 2. The van der Waals surface area contributed by atoms with Crippen LogP contribution in [-0.2, 0) is 12.3 Å². The molecule has 1 aliphatic heterocycles. The first-order valence-electron chi connectivity index (χ1n) is 9.85. The van der Waals surface area contributed by atoms with Crippen LogP contribution in [0.1, 0.15) is 17.5 Å². The summed E-state index contributed by atoms with van der Waals surface area (Å²) in [6.45, 7) is 4.92. The van der Waals surface area contributed by atoms with Crippen molar-refractivity contribution in [3.05, 3.63) is 90.8 Å². The largest absolute Gasteiger partial charge is 0.485 e. The van der Waals surface area contributed by atoms with Crippen molar-refractivity contribution >= 4 is 22.5 Å². The lowest BCUT2D eigenvalue weighted by Crippen LogP contribution is -2.25. The third kappa shape index (κ3) is 3.55. The van der Waals surface area contributed by atoms with E-state index in [0.29, 0.717) is 13.2 Å². The van der Waals surface area contributed by atoms with E-state index in [9.17, 15) is 0 Å². The van der Waals surface area contributed by atoms with Crippen molar-refractivity contribution in [2.45, 2.75) is 23.6 Å². The number of hydrogen-bond acceptors (Lipinski definition) is 5. The van der Waals surface area contributed by atoms with Crippen LogP contribution in [0.2, 0.25) is 0 Å². The molecule has 5 rings (SSSR count). The van der Waals surface area contributed by atoms with Crippen LogP contribution in [0.15, 0.2) is 84.5 Å². The highest BCUT2D eigenvalue weighted by Gasteiger charge is 2.28. The molecule has 2 heterocycles. The van der Waals surface area contributed by atoms with Gasteiger partial charge in [0.2, 0.25) is 0 Å². The van der Waals surface area contributed by atoms with E-state index in [0.717, 1.165) is 28.2 Å². The minimum atomic E-state index is -0.306. The van der Waals surface area contributed by atoms with Gasteiger partial charge in [-0.05, 0) is 28.5 Å². The van der Waals surface area contributed by atoms with Crippen molar-refractivity contribution < 1.29 is 9.47 Å². The first-order valence-corrected chi connectivity index (χ1v) is 10.8. The Bertz CT molecular complexity index is 1200. The summed E-state index contributed by atoms with van der Waals surface area (Å²) in [5.74, 6) is 3.05. The lowest BCUT2D eigenvalue weighted by atomic mass is 10.1. The summed E-state index contributed by atoms with van der Waals surface area (Å²) in [5, 5.41) is 12.3. The standard InChI is InChI=1S/C24H21N3O2S/c1-2-14-27-23(22-15-28-20-12-5-6-13-21(20)29-22)25-26-24(27)30-16-18-10-7-9-17-8-3-4-11-19(17)18/h2-13,22H,1,14-16H2. The van der Waals surface area contributed by atoms with Gasteiger partial charge in [0.05, 0.1) is 0 Å². The number of para-hydroxylation sites is 2. The summed E-state index contributed by atoms with van der Waals surface area (Å²) in [5.41, 5.74) is 1.28. The van der Waals surface area contributed by atoms with Gasteiger partial charge in [-0.2, -0.15) is 0 Å². The highest BCUT2D eigenvalue weighted by Crippen LogP contribution is 2.36. The summed E-state index contributed by atoms with van der Waals surface area (Å²) in [6, 6.07) is 22.5.